The number of ether oxygens (including phenoxy) is 1. The summed E-state index contributed by atoms with van der Waals surface area (Å²) in [4.78, 5) is 0. The van der Waals surface area contributed by atoms with Gasteiger partial charge in [-0.1, -0.05) is 19.1 Å². The Balaban J connectivity index is 2.33. The van der Waals surface area contributed by atoms with Crippen LogP contribution in [0.15, 0.2) is 36.4 Å². The van der Waals surface area contributed by atoms with Gasteiger partial charge in [0.25, 0.3) is 0 Å². The summed E-state index contributed by atoms with van der Waals surface area (Å²) in [5.74, 6) is 0.922. The third kappa shape index (κ3) is 2.81. The smallest absolute Gasteiger partial charge is 0.122 e. The molecule has 0 unspecified atom stereocenters. The lowest BCUT2D eigenvalue weighted by Crippen LogP contribution is -1.99. The molecule has 0 atom stereocenters. The van der Waals surface area contributed by atoms with Crippen molar-refractivity contribution in [1.82, 2.24) is 0 Å². The maximum absolute atomic E-state index is 6.01. The van der Waals surface area contributed by atoms with Crippen LogP contribution in [0.1, 0.15) is 18.1 Å². The minimum absolute atomic E-state index is 0.758. The normalized spacial score (nSPS) is 10.3. The largest absolute Gasteiger partial charge is 0.496 e. The van der Waals surface area contributed by atoms with Gasteiger partial charge < -0.3 is 15.8 Å². The highest BCUT2D eigenvalue weighted by Crippen LogP contribution is 2.29. The van der Waals surface area contributed by atoms with E-state index in [1.165, 1.54) is 5.56 Å². The Labute approximate surface area is 114 Å². The van der Waals surface area contributed by atoms with Crippen molar-refractivity contribution in [1.29, 1.82) is 0 Å². The molecule has 0 aliphatic rings. The molecular weight excluding hydrogens is 236 g/mol. The second-order valence-electron chi connectivity index (χ2n) is 4.54. The lowest BCUT2D eigenvalue weighted by Gasteiger charge is -2.14. The molecular formula is C16H20N2O. The molecule has 3 nitrogen and oxygen atoms in total. The molecule has 19 heavy (non-hydrogen) atoms. The lowest BCUT2D eigenvalue weighted by molar-refractivity contribution is 0.410. The second kappa shape index (κ2) is 5.65. The molecule has 0 aliphatic heterocycles. The van der Waals surface area contributed by atoms with E-state index in [1.807, 2.05) is 37.3 Å². The molecule has 2 aromatic rings. The molecule has 2 aromatic carbocycles. The summed E-state index contributed by atoms with van der Waals surface area (Å²) in [7, 11) is 1.70. The zero-order valence-electron chi connectivity index (χ0n) is 11.7. The van der Waals surface area contributed by atoms with Crippen LogP contribution in [0.4, 0.5) is 17.1 Å². The van der Waals surface area contributed by atoms with Gasteiger partial charge >= 0.3 is 0 Å². The number of nitrogens with two attached hydrogens (primary N) is 1. The number of rotatable bonds is 4. The highest BCUT2D eigenvalue weighted by atomic mass is 16.5. The van der Waals surface area contributed by atoms with Gasteiger partial charge in [-0.2, -0.15) is 0 Å². The molecule has 0 fully saturated rings. The molecule has 0 saturated heterocycles. The molecule has 0 amide bonds. The average Bonchev–Trinajstić information content (AvgIpc) is 2.42. The van der Waals surface area contributed by atoms with E-state index in [9.17, 15) is 0 Å². The molecule has 3 heteroatoms. The van der Waals surface area contributed by atoms with Gasteiger partial charge in [0.15, 0.2) is 0 Å². The van der Waals surface area contributed by atoms with Gasteiger partial charge in [-0.3, -0.25) is 0 Å². The van der Waals surface area contributed by atoms with Crippen LogP contribution in [0, 0.1) is 6.92 Å². The lowest BCUT2D eigenvalue weighted by atomic mass is 10.1. The van der Waals surface area contributed by atoms with Crippen molar-refractivity contribution < 1.29 is 4.74 Å². The molecule has 0 spiro atoms. The second-order valence-corrected chi connectivity index (χ2v) is 4.54. The number of anilines is 3. The first-order valence-corrected chi connectivity index (χ1v) is 6.44. The van der Waals surface area contributed by atoms with Gasteiger partial charge in [0.05, 0.1) is 18.5 Å². The average molecular weight is 256 g/mol. The highest BCUT2D eigenvalue weighted by Gasteiger charge is 2.06. The van der Waals surface area contributed by atoms with Crippen LogP contribution in [0.3, 0.4) is 0 Å². The topological polar surface area (TPSA) is 47.3 Å². The van der Waals surface area contributed by atoms with Crippen LogP contribution < -0.4 is 15.8 Å². The third-order valence-corrected chi connectivity index (χ3v) is 3.24. The molecule has 3 N–H and O–H groups in total. The Morgan fingerprint density at radius 1 is 1.21 bits per heavy atom. The zero-order valence-corrected chi connectivity index (χ0v) is 11.7. The summed E-state index contributed by atoms with van der Waals surface area (Å²) < 4.78 is 5.34. The summed E-state index contributed by atoms with van der Waals surface area (Å²) in [5.41, 5.74) is 11.1. The molecule has 0 saturated carbocycles. The van der Waals surface area contributed by atoms with Crippen LogP contribution >= 0.6 is 0 Å². The summed E-state index contributed by atoms with van der Waals surface area (Å²) in [6, 6.07) is 12.0. The van der Waals surface area contributed by atoms with Gasteiger partial charge in [-0.15, -0.1) is 0 Å². The summed E-state index contributed by atoms with van der Waals surface area (Å²) in [6.45, 7) is 4.16. The minimum Gasteiger partial charge on any atom is -0.496 e. The number of hydrogen-bond donors (Lipinski definition) is 2. The number of nitrogens with one attached hydrogen (secondary N) is 1. The SMILES string of the molecule is CCc1cc(Nc2c(C)cccc2N)ccc1OC. The summed E-state index contributed by atoms with van der Waals surface area (Å²) in [6.07, 6.45) is 0.932. The van der Waals surface area contributed by atoms with Crippen LogP contribution in [0.25, 0.3) is 0 Å². The molecule has 2 rings (SSSR count). The van der Waals surface area contributed by atoms with E-state index in [0.717, 1.165) is 34.8 Å². The van der Waals surface area contributed by atoms with Crippen LogP contribution in [-0.4, -0.2) is 7.11 Å². The van der Waals surface area contributed by atoms with Crippen LogP contribution in [0.2, 0.25) is 0 Å². The summed E-state index contributed by atoms with van der Waals surface area (Å²) >= 11 is 0. The van der Waals surface area contributed by atoms with Gasteiger partial charge in [-0.25, -0.2) is 0 Å². The number of methoxy groups -OCH3 is 1. The maximum Gasteiger partial charge on any atom is 0.122 e. The predicted octanol–water partition coefficient (Wildman–Crippen LogP) is 3.89. The van der Waals surface area contributed by atoms with E-state index in [-0.39, 0.29) is 0 Å². The molecule has 0 aliphatic carbocycles. The quantitative estimate of drug-likeness (QED) is 0.816. The van der Waals surface area contributed by atoms with E-state index in [4.69, 9.17) is 10.5 Å². The molecule has 100 valence electrons. The fraction of sp³-hybridized carbons (Fsp3) is 0.250. The van der Waals surface area contributed by atoms with E-state index in [0.29, 0.717) is 0 Å². The molecule has 0 heterocycles. The Hall–Kier alpha value is -2.16. The number of benzene rings is 2. The van der Waals surface area contributed by atoms with Crippen molar-refractivity contribution in [2.45, 2.75) is 20.3 Å². The Morgan fingerprint density at radius 3 is 2.63 bits per heavy atom. The van der Waals surface area contributed by atoms with Crippen LogP contribution in [0.5, 0.6) is 5.75 Å². The van der Waals surface area contributed by atoms with Crippen LogP contribution in [-0.2, 0) is 6.42 Å². The number of aryl methyl sites for hydroxylation is 2. The predicted molar refractivity (Wildman–Crippen MR) is 81.2 cm³/mol. The number of para-hydroxylation sites is 1. The molecule has 0 bridgehead atoms. The van der Waals surface area contributed by atoms with Crippen molar-refractivity contribution >= 4 is 17.1 Å². The number of hydrogen-bond acceptors (Lipinski definition) is 3. The molecule has 0 aromatic heterocycles. The fourth-order valence-electron chi connectivity index (χ4n) is 2.14. The van der Waals surface area contributed by atoms with Gasteiger partial charge in [0.1, 0.15) is 5.75 Å². The molecule has 0 radical (unpaired) electrons. The van der Waals surface area contributed by atoms with Crippen molar-refractivity contribution in [3.05, 3.63) is 47.5 Å². The Kier molecular flexibility index (Phi) is 3.95. The number of nitrogen functional groups attached to an aromatic ring is 1. The first-order chi connectivity index (χ1) is 9.15. The van der Waals surface area contributed by atoms with Crippen molar-refractivity contribution in [3.63, 3.8) is 0 Å². The maximum atomic E-state index is 6.01. The van der Waals surface area contributed by atoms with Crippen molar-refractivity contribution in [2.75, 3.05) is 18.2 Å². The summed E-state index contributed by atoms with van der Waals surface area (Å²) in [5, 5.41) is 3.39. The van der Waals surface area contributed by atoms with Gasteiger partial charge in [0, 0.05) is 5.69 Å². The van der Waals surface area contributed by atoms with E-state index < -0.39 is 0 Å². The minimum atomic E-state index is 0.758. The third-order valence-electron chi connectivity index (χ3n) is 3.24. The monoisotopic (exact) mass is 256 g/mol. The standard InChI is InChI=1S/C16H20N2O/c1-4-12-10-13(8-9-15(12)19-3)18-16-11(2)6-5-7-14(16)17/h5-10,18H,4,17H2,1-3H3. The fourth-order valence-corrected chi connectivity index (χ4v) is 2.14. The first kappa shape index (κ1) is 13.3. The van der Waals surface area contributed by atoms with E-state index in [2.05, 4.69) is 18.3 Å². The van der Waals surface area contributed by atoms with Gasteiger partial charge in [0.2, 0.25) is 0 Å². The van der Waals surface area contributed by atoms with Crippen molar-refractivity contribution in [3.8, 4) is 5.75 Å². The van der Waals surface area contributed by atoms with E-state index in [1.54, 1.807) is 7.11 Å². The zero-order chi connectivity index (χ0) is 13.8. The van der Waals surface area contributed by atoms with E-state index >= 15 is 0 Å². The first-order valence-electron chi connectivity index (χ1n) is 6.44. The van der Waals surface area contributed by atoms with Gasteiger partial charge in [-0.05, 0) is 48.7 Å². The Morgan fingerprint density at radius 2 is 2.00 bits per heavy atom. The Bertz CT molecular complexity index is 559. The van der Waals surface area contributed by atoms with Crippen molar-refractivity contribution in [2.24, 2.45) is 0 Å². The highest BCUT2D eigenvalue weighted by molar-refractivity contribution is 5.76.